The summed E-state index contributed by atoms with van der Waals surface area (Å²) in [7, 11) is 1.49. The van der Waals surface area contributed by atoms with Crippen molar-refractivity contribution in [2.45, 2.75) is 71.4 Å². The molecule has 0 unspecified atom stereocenters. The Morgan fingerprint density at radius 1 is 1.08 bits per heavy atom. The number of hydrogen-bond acceptors (Lipinski definition) is 9. The fourth-order valence-corrected chi connectivity index (χ4v) is 6.32. The maximum atomic E-state index is 15.4. The standard InChI is InChI=1S/C38H43Cl2FN6O5/c1-22(48)18-42-19-23-8-6-11-30(34(23)41)45-29-10-7-9-27(32(29)39)35-33(40)26(16-17-43-35)28-14-12-24(36(46-28)51-5)20-47(37(50)52-38(2,3)4)21-25-13-15-31(49)44-25/h6-12,14,16-17,22,25,42,45,48H,13,15,18-21H2,1-5H3,(H,44,49)/t22-,25+/m1/s1. The monoisotopic (exact) mass is 752 g/mol. The lowest BCUT2D eigenvalue weighted by Crippen LogP contribution is -2.43. The molecule has 2 aromatic carbocycles. The first-order chi connectivity index (χ1) is 24.7. The number of methoxy groups -OCH3 is 1. The Labute approximate surface area is 312 Å². The van der Waals surface area contributed by atoms with E-state index in [0.29, 0.717) is 58.7 Å². The molecule has 4 aromatic rings. The summed E-state index contributed by atoms with van der Waals surface area (Å²) >= 11 is 13.9. The van der Waals surface area contributed by atoms with E-state index < -0.39 is 23.6 Å². The predicted octanol–water partition coefficient (Wildman–Crippen LogP) is 7.49. The van der Waals surface area contributed by atoms with Gasteiger partial charge in [-0.05, 0) is 64.4 Å². The second-order valence-electron chi connectivity index (χ2n) is 13.6. The zero-order chi connectivity index (χ0) is 37.6. The van der Waals surface area contributed by atoms with Crippen LogP contribution in [0.4, 0.5) is 20.6 Å². The Bertz CT molecular complexity index is 1920. The van der Waals surface area contributed by atoms with Gasteiger partial charge >= 0.3 is 6.09 Å². The molecule has 1 aliphatic heterocycles. The van der Waals surface area contributed by atoms with Crippen LogP contribution in [0, 0.1) is 5.82 Å². The molecule has 2 atom stereocenters. The number of nitrogens with one attached hydrogen (secondary N) is 3. The Kier molecular flexibility index (Phi) is 12.6. The van der Waals surface area contributed by atoms with Gasteiger partial charge in [-0.2, -0.15) is 0 Å². The number of pyridine rings is 2. The number of rotatable bonds is 13. The van der Waals surface area contributed by atoms with Gasteiger partial charge in [-0.25, -0.2) is 14.2 Å². The SMILES string of the molecule is COc1nc(-c2ccnc(-c3cccc(Nc4cccc(CNC[C@@H](C)O)c4F)c3Cl)c2Cl)ccc1CN(C[C@@H]1CCC(=O)N1)C(=O)OC(C)(C)C. The van der Waals surface area contributed by atoms with Crippen LogP contribution in [-0.2, 0) is 22.6 Å². The smallest absolute Gasteiger partial charge is 0.410 e. The van der Waals surface area contributed by atoms with E-state index in [1.807, 2.05) is 6.07 Å². The summed E-state index contributed by atoms with van der Waals surface area (Å²) in [4.78, 5) is 35.9. The highest BCUT2D eigenvalue weighted by molar-refractivity contribution is 6.39. The molecule has 5 rings (SSSR count). The minimum absolute atomic E-state index is 0.0481. The molecule has 14 heteroatoms. The van der Waals surface area contributed by atoms with E-state index in [1.165, 1.54) is 12.0 Å². The first-order valence-corrected chi connectivity index (χ1v) is 17.7. The van der Waals surface area contributed by atoms with E-state index in [9.17, 15) is 14.7 Å². The van der Waals surface area contributed by atoms with Crippen LogP contribution < -0.4 is 20.7 Å². The van der Waals surface area contributed by atoms with Crippen LogP contribution in [0.25, 0.3) is 22.5 Å². The average molecular weight is 754 g/mol. The normalized spacial score (nSPS) is 14.9. The lowest BCUT2D eigenvalue weighted by Gasteiger charge is -2.29. The fraction of sp³-hybridized carbons (Fsp3) is 0.368. The van der Waals surface area contributed by atoms with Crippen molar-refractivity contribution in [2.24, 2.45) is 0 Å². The highest BCUT2D eigenvalue weighted by Gasteiger charge is 2.29. The zero-order valence-corrected chi connectivity index (χ0v) is 31.2. The van der Waals surface area contributed by atoms with Gasteiger partial charge in [-0.15, -0.1) is 0 Å². The van der Waals surface area contributed by atoms with Crippen molar-refractivity contribution < 1.29 is 28.6 Å². The van der Waals surface area contributed by atoms with Crippen LogP contribution in [0.2, 0.25) is 10.0 Å². The van der Waals surface area contributed by atoms with Crippen LogP contribution in [0.1, 0.15) is 51.7 Å². The summed E-state index contributed by atoms with van der Waals surface area (Å²) < 4.78 is 26.8. The van der Waals surface area contributed by atoms with Crippen LogP contribution in [-0.4, -0.2) is 69.9 Å². The second kappa shape index (κ2) is 16.9. The number of hydrogen-bond donors (Lipinski definition) is 4. The topological polar surface area (TPSA) is 138 Å². The van der Waals surface area contributed by atoms with E-state index in [4.69, 9.17) is 37.7 Å². The summed E-state index contributed by atoms with van der Waals surface area (Å²) in [6.45, 7) is 8.01. The summed E-state index contributed by atoms with van der Waals surface area (Å²) in [5, 5.41) is 19.1. The van der Waals surface area contributed by atoms with E-state index in [1.54, 1.807) is 82.4 Å². The van der Waals surface area contributed by atoms with E-state index in [0.717, 1.165) is 0 Å². The molecular formula is C38H43Cl2FN6O5. The second-order valence-corrected chi connectivity index (χ2v) is 14.4. The van der Waals surface area contributed by atoms with Gasteiger partial charge in [0.2, 0.25) is 11.8 Å². The third-order valence-electron chi connectivity index (χ3n) is 8.19. The van der Waals surface area contributed by atoms with Crippen molar-refractivity contribution in [2.75, 3.05) is 25.5 Å². The number of carbonyl (C=O) groups is 2. The Morgan fingerprint density at radius 2 is 1.83 bits per heavy atom. The molecule has 11 nitrogen and oxygen atoms in total. The highest BCUT2D eigenvalue weighted by atomic mass is 35.5. The van der Waals surface area contributed by atoms with Gasteiger partial charge in [-0.3, -0.25) is 9.78 Å². The number of ether oxygens (including phenoxy) is 2. The van der Waals surface area contributed by atoms with Crippen LogP contribution >= 0.6 is 23.2 Å². The minimum Gasteiger partial charge on any atom is -0.481 e. The molecule has 2 aromatic heterocycles. The summed E-state index contributed by atoms with van der Waals surface area (Å²) in [6, 6.07) is 15.4. The zero-order valence-electron chi connectivity index (χ0n) is 29.7. The van der Waals surface area contributed by atoms with Crippen LogP contribution in [0.5, 0.6) is 5.88 Å². The molecule has 1 fully saturated rings. The molecule has 0 spiro atoms. The minimum atomic E-state index is -0.715. The van der Waals surface area contributed by atoms with Gasteiger partial charge in [0.1, 0.15) is 5.60 Å². The first-order valence-electron chi connectivity index (χ1n) is 16.9. The molecule has 52 heavy (non-hydrogen) atoms. The summed E-state index contributed by atoms with van der Waals surface area (Å²) in [6.07, 6.45) is 1.55. The molecule has 0 radical (unpaired) electrons. The van der Waals surface area contributed by atoms with Crippen LogP contribution in [0.15, 0.2) is 60.8 Å². The third kappa shape index (κ3) is 9.68. The Balaban J connectivity index is 1.40. The molecule has 3 heterocycles. The van der Waals surface area contributed by atoms with Crippen molar-refractivity contribution >= 4 is 46.6 Å². The molecule has 2 amide bonds. The summed E-state index contributed by atoms with van der Waals surface area (Å²) in [5.74, 6) is -0.207. The molecule has 0 aliphatic carbocycles. The number of nitrogens with zero attached hydrogens (tertiary/aromatic N) is 3. The van der Waals surface area contributed by atoms with Gasteiger partial charge in [0.15, 0.2) is 5.82 Å². The van der Waals surface area contributed by atoms with Crippen molar-refractivity contribution in [3.63, 3.8) is 0 Å². The van der Waals surface area contributed by atoms with E-state index in [2.05, 4.69) is 20.9 Å². The fourth-order valence-electron chi connectivity index (χ4n) is 5.75. The molecule has 0 bridgehead atoms. The lowest BCUT2D eigenvalue weighted by atomic mass is 10.0. The van der Waals surface area contributed by atoms with Gasteiger partial charge in [-0.1, -0.05) is 47.5 Å². The van der Waals surface area contributed by atoms with Gasteiger partial charge in [0.05, 0.1) is 52.6 Å². The highest BCUT2D eigenvalue weighted by Crippen LogP contribution is 2.41. The van der Waals surface area contributed by atoms with Gasteiger partial charge < -0.3 is 35.4 Å². The predicted molar refractivity (Wildman–Crippen MR) is 200 cm³/mol. The van der Waals surface area contributed by atoms with Crippen molar-refractivity contribution in [1.29, 1.82) is 0 Å². The molecular weight excluding hydrogens is 710 g/mol. The molecule has 4 N–H and O–H groups in total. The summed E-state index contributed by atoms with van der Waals surface area (Å²) in [5.41, 5.74) is 3.00. The number of anilines is 2. The van der Waals surface area contributed by atoms with E-state index >= 15 is 4.39 Å². The number of halogens is 3. The van der Waals surface area contributed by atoms with Crippen molar-refractivity contribution in [3.8, 4) is 28.4 Å². The number of aliphatic hydroxyl groups is 1. The number of benzene rings is 2. The number of aromatic nitrogens is 2. The van der Waals surface area contributed by atoms with E-state index in [-0.39, 0.29) is 53.2 Å². The number of aliphatic hydroxyl groups excluding tert-OH is 1. The number of amides is 2. The van der Waals surface area contributed by atoms with Gasteiger partial charge in [0.25, 0.3) is 0 Å². The molecule has 276 valence electrons. The average Bonchev–Trinajstić information content (AvgIpc) is 3.50. The number of carbonyl (C=O) groups excluding carboxylic acids is 2. The third-order valence-corrected chi connectivity index (χ3v) is 8.98. The van der Waals surface area contributed by atoms with Gasteiger partial charge in [0, 0.05) is 60.5 Å². The maximum absolute atomic E-state index is 15.4. The van der Waals surface area contributed by atoms with Crippen molar-refractivity contribution in [1.82, 2.24) is 25.5 Å². The molecule has 1 aliphatic rings. The molecule has 1 saturated heterocycles. The quantitative estimate of drug-likeness (QED) is 0.109. The van der Waals surface area contributed by atoms with Crippen molar-refractivity contribution in [3.05, 3.63) is 87.8 Å². The molecule has 0 saturated carbocycles. The largest absolute Gasteiger partial charge is 0.481 e. The maximum Gasteiger partial charge on any atom is 0.410 e. The lowest BCUT2D eigenvalue weighted by molar-refractivity contribution is -0.119. The first kappa shape index (κ1) is 38.7. The van der Waals surface area contributed by atoms with Crippen LogP contribution in [0.3, 0.4) is 0 Å². The Hall–Kier alpha value is -4.49. The Morgan fingerprint density at radius 3 is 2.52 bits per heavy atom.